The minimum atomic E-state index is -0.980. The van der Waals surface area contributed by atoms with E-state index in [1.807, 2.05) is 37.3 Å². The molecule has 0 saturated heterocycles. The first-order valence-corrected chi connectivity index (χ1v) is 9.37. The first-order valence-electron chi connectivity index (χ1n) is 9.37. The lowest BCUT2D eigenvalue weighted by Gasteiger charge is -2.29. The fraction of sp³-hybridized carbons (Fsp3) is 0.318. The van der Waals surface area contributed by atoms with Crippen LogP contribution < -0.4 is 5.32 Å². The first kappa shape index (κ1) is 19.6. The lowest BCUT2D eigenvalue weighted by molar-refractivity contribution is -0.133. The van der Waals surface area contributed by atoms with Crippen LogP contribution in [0.15, 0.2) is 42.5 Å². The summed E-state index contributed by atoms with van der Waals surface area (Å²) in [7, 11) is 0. The van der Waals surface area contributed by atoms with Gasteiger partial charge in [0, 0.05) is 19.5 Å². The topological polar surface area (TPSA) is 86.7 Å². The van der Waals surface area contributed by atoms with E-state index in [1.54, 1.807) is 17.0 Å². The van der Waals surface area contributed by atoms with Crippen molar-refractivity contribution < 1.29 is 19.5 Å². The molecule has 1 aliphatic rings. The molecule has 0 unspecified atom stereocenters. The van der Waals surface area contributed by atoms with Crippen molar-refractivity contribution in [1.82, 2.24) is 10.2 Å². The maximum atomic E-state index is 12.4. The molecule has 3 rings (SSSR count). The van der Waals surface area contributed by atoms with Gasteiger partial charge >= 0.3 is 5.97 Å². The van der Waals surface area contributed by atoms with Crippen LogP contribution in [-0.2, 0) is 29.0 Å². The maximum Gasteiger partial charge on any atom is 0.335 e. The predicted octanol–water partition coefficient (Wildman–Crippen LogP) is 2.33. The number of rotatable bonds is 6. The first-order chi connectivity index (χ1) is 13.4. The lowest BCUT2D eigenvalue weighted by Crippen LogP contribution is -2.42. The van der Waals surface area contributed by atoms with E-state index in [1.165, 1.54) is 5.56 Å². The minimum Gasteiger partial charge on any atom is -0.478 e. The number of nitrogens with one attached hydrogen (secondary N) is 1. The van der Waals surface area contributed by atoms with Gasteiger partial charge < -0.3 is 15.3 Å². The van der Waals surface area contributed by atoms with Gasteiger partial charge in [0.05, 0.1) is 12.1 Å². The Balaban J connectivity index is 1.48. The number of amides is 2. The number of hydrogen-bond donors (Lipinski definition) is 2. The number of nitrogens with zero attached hydrogens (tertiary/aromatic N) is 1. The van der Waals surface area contributed by atoms with E-state index in [4.69, 9.17) is 5.11 Å². The third-order valence-electron chi connectivity index (χ3n) is 5.02. The van der Waals surface area contributed by atoms with Crippen LogP contribution in [0.25, 0.3) is 0 Å². The minimum absolute atomic E-state index is 0.0410. The molecular formula is C22H24N2O4. The van der Waals surface area contributed by atoms with Crippen LogP contribution in [0.1, 0.15) is 39.0 Å². The Bertz CT molecular complexity index is 890. The Kier molecular flexibility index (Phi) is 6.09. The second kappa shape index (κ2) is 8.69. The second-order valence-electron chi connectivity index (χ2n) is 7.12. The molecule has 6 heteroatoms. The fourth-order valence-corrected chi connectivity index (χ4v) is 3.29. The van der Waals surface area contributed by atoms with Crippen molar-refractivity contribution in [2.24, 2.45) is 0 Å². The van der Waals surface area contributed by atoms with Gasteiger partial charge in [-0.15, -0.1) is 0 Å². The number of fused-ring (bicyclic) bond motifs is 1. The van der Waals surface area contributed by atoms with E-state index < -0.39 is 5.97 Å². The molecule has 0 radical (unpaired) electrons. The molecule has 0 bridgehead atoms. The van der Waals surface area contributed by atoms with Gasteiger partial charge in [-0.05, 0) is 48.6 Å². The normalized spacial score (nSPS) is 13.0. The second-order valence-corrected chi connectivity index (χ2v) is 7.12. The molecule has 28 heavy (non-hydrogen) atoms. The van der Waals surface area contributed by atoms with Gasteiger partial charge in [0.1, 0.15) is 0 Å². The van der Waals surface area contributed by atoms with Gasteiger partial charge in [0.25, 0.3) is 0 Å². The van der Waals surface area contributed by atoms with Gasteiger partial charge in [-0.1, -0.05) is 35.9 Å². The van der Waals surface area contributed by atoms with Crippen molar-refractivity contribution >= 4 is 17.8 Å². The van der Waals surface area contributed by atoms with Gasteiger partial charge in [-0.3, -0.25) is 9.59 Å². The molecule has 2 aromatic carbocycles. The van der Waals surface area contributed by atoms with Crippen molar-refractivity contribution in [3.05, 3.63) is 70.3 Å². The fourth-order valence-electron chi connectivity index (χ4n) is 3.29. The van der Waals surface area contributed by atoms with Gasteiger partial charge in [0.15, 0.2) is 0 Å². The van der Waals surface area contributed by atoms with E-state index in [9.17, 15) is 14.4 Å². The highest BCUT2D eigenvalue weighted by atomic mass is 16.4. The summed E-state index contributed by atoms with van der Waals surface area (Å²) < 4.78 is 0. The number of carbonyl (C=O) groups is 3. The molecule has 2 aromatic rings. The average Bonchev–Trinajstić information content (AvgIpc) is 2.70. The van der Waals surface area contributed by atoms with Crippen molar-refractivity contribution in [3.8, 4) is 0 Å². The van der Waals surface area contributed by atoms with Gasteiger partial charge in [-0.25, -0.2) is 4.79 Å². The molecule has 1 aliphatic heterocycles. The Labute approximate surface area is 164 Å². The Morgan fingerprint density at radius 1 is 1.07 bits per heavy atom. The monoisotopic (exact) mass is 380 g/mol. The maximum absolute atomic E-state index is 12.4. The molecule has 146 valence electrons. The van der Waals surface area contributed by atoms with Crippen LogP contribution in [0.3, 0.4) is 0 Å². The lowest BCUT2D eigenvalue weighted by atomic mass is 9.97. The quantitative estimate of drug-likeness (QED) is 0.805. The zero-order chi connectivity index (χ0) is 20.1. The number of carboxylic acids is 1. The number of hydrogen-bond acceptors (Lipinski definition) is 3. The zero-order valence-corrected chi connectivity index (χ0v) is 15.9. The number of aromatic carboxylic acids is 1. The zero-order valence-electron chi connectivity index (χ0n) is 15.9. The molecule has 0 atom stereocenters. The highest BCUT2D eigenvalue weighted by molar-refractivity contribution is 5.88. The molecule has 0 saturated carbocycles. The summed E-state index contributed by atoms with van der Waals surface area (Å²) >= 11 is 0. The Hall–Kier alpha value is -3.15. The Morgan fingerprint density at radius 2 is 1.82 bits per heavy atom. The summed E-state index contributed by atoms with van der Waals surface area (Å²) in [5.74, 6) is -1.29. The van der Waals surface area contributed by atoms with Crippen molar-refractivity contribution in [1.29, 1.82) is 0 Å². The third-order valence-corrected chi connectivity index (χ3v) is 5.02. The van der Waals surface area contributed by atoms with Crippen LogP contribution in [0.5, 0.6) is 0 Å². The molecular weight excluding hydrogens is 356 g/mol. The van der Waals surface area contributed by atoms with E-state index in [2.05, 4.69) is 5.32 Å². The summed E-state index contributed by atoms with van der Waals surface area (Å²) in [5, 5.41) is 11.8. The van der Waals surface area contributed by atoms with Crippen LogP contribution in [-0.4, -0.2) is 40.9 Å². The molecule has 6 nitrogen and oxygen atoms in total. The van der Waals surface area contributed by atoms with E-state index >= 15 is 0 Å². The smallest absolute Gasteiger partial charge is 0.335 e. The van der Waals surface area contributed by atoms with Crippen LogP contribution >= 0.6 is 0 Å². The molecule has 1 heterocycles. The summed E-state index contributed by atoms with van der Waals surface area (Å²) in [5.41, 5.74) is 4.41. The largest absolute Gasteiger partial charge is 0.478 e. The highest BCUT2D eigenvalue weighted by Gasteiger charge is 2.22. The highest BCUT2D eigenvalue weighted by Crippen LogP contribution is 2.20. The number of carbonyl (C=O) groups excluding carboxylic acids is 2. The molecule has 0 fully saturated rings. The summed E-state index contributed by atoms with van der Waals surface area (Å²) in [6, 6.07) is 13.1. The van der Waals surface area contributed by atoms with Gasteiger partial charge in [0.2, 0.25) is 11.8 Å². The molecule has 2 N–H and O–H groups in total. The van der Waals surface area contributed by atoms with Crippen LogP contribution in [0.4, 0.5) is 0 Å². The van der Waals surface area contributed by atoms with Crippen LogP contribution in [0, 0.1) is 6.92 Å². The summed E-state index contributed by atoms with van der Waals surface area (Å²) in [6.45, 7) is 2.91. The average molecular weight is 380 g/mol. The number of benzene rings is 2. The van der Waals surface area contributed by atoms with Crippen molar-refractivity contribution in [3.63, 3.8) is 0 Å². The summed E-state index contributed by atoms with van der Waals surface area (Å²) in [4.78, 5) is 37.3. The van der Waals surface area contributed by atoms with Crippen molar-refractivity contribution in [2.45, 2.75) is 32.7 Å². The van der Waals surface area contributed by atoms with E-state index in [0.29, 0.717) is 32.4 Å². The molecule has 0 spiro atoms. The number of carboxylic acid groups (broad SMARTS) is 1. The van der Waals surface area contributed by atoms with E-state index in [-0.39, 0.29) is 23.9 Å². The molecule has 0 aliphatic carbocycles. The van der Waals surface area contributed by atoms with E-state index in [0.717, 1.165) is 16.7 Å². The predicted molar refractivity (Wildman–Crippen MR) is 105 cm³/mol. The summed E-state index contributed by atoms with van der Waals surface area (Å²) in [6.07, 6.45) is 1.65. The van der Waals surface area contributed by atoms with Gasteiger partial charge in [-0.2, -0.15) is 0 Å². The molecule has 0 aromatic heterocycles. The van der Waals surface area contributed by atoms with Crippen LogP contribution in [0.2, 0.25) is 0 Å². The third kappa shape index (κ3) is 4.97. The van der Waals surface area contributed by atoms with Crippen molar-refractivity contribution in [2.75, 3.05) is 13.1 Å². The Morgan fingerprint density at radius 3 is 2.54 bits per heavy atom. The molecule has 2 amide bonds. The number of aryl methyl sites for hydroxylation is 2. The SMILES string of the molecule is Cc1ccc(CCC(=O)NCC(=O)N2CCc3ccc(C(=O)O)cc3C2)cc1. The standard InChI is InChI=1S/C22H24N2O4/c1-15-2-4-16(5-3-15)6-9-20(25)23-13-21(26)24-11-10-17-7-8-18(22(27)28)12-19(17)14-24/h2-5,7-8,12H,6,9-11,13-14H2,1H3,(H,23,25)(H,27,28).